The first-order valence-electron chi connectivity index (χ1n) is 9.48. The minimum Gasteiger partial charge on any atom is -0.256 e. The van der Waals surface area contributed by atoms with Gasteiger partial charge in [-0.3, -0.25) is 4.98 Å². The zero-order chi connectivity index (χ0) is 18.1. The Morgan fingerprint density at radius 2 is 1.81 bits per heavy atom. The maximum absolute atomic E-state index is 14.2. The Balaban J connectivity index is 1.95. The number of nitriles is 1. The Labute approximate surface area is 152 Å². The molecule has 0 aliphatic heterocycles. The summed E-state index contributed by atoms with van der Waals surface area (Å²) in [6.45, 7) is 0. The third-order valence-corrected chi connectivity index (χ3v) is 5.74. The summed E-state index contributed by atoms with van der Waals surface area (Å²) in [6.07, 6.45) is 5.39. The highest BCUT2D eigenvalue weighted by molar-refractivity contribution is 5.76. The van der Waals surface area contributed by atoms with Gasteiger partial charge in [0.2, 0.25) is 0 Å². The maximum Gasteiger partial charge on any atom is 0.252 e. The van der Waals surface area contributed by atoms with Gasteiger partial charge >= 0.3 is 0 Å². The highest BCUT2D eigenvalue weighted by Gasteiger charge is 2.38. The number of hydrogen-bond acceptors (Lipinski definition) is 2. The number of alkyl halides is 2. The number of halogens is 2. The number of aryl methyl sites for hydroxylation is 1. The van der Waals surface area contributed by atoms with Crippen molar-refractivity contribution in [2.45, 2.75) is 63.2 Å². The second kappa shape index (κ2) is 6.79. The average Bonchev–Trinajstić information content (AvgIpc) is 2.67. The first-order chi connectivity index (χ1) is 12.6. The Morgan fingerprint density at radius 3 is 2.50 bits per heavy atom. The van der Waals surface area contributed by atoms with Crippen LogP contribution in [0.3, 0.4) is 0 Å². The van der Waals surface area contributed by atoms with Crippen LogP contribution in [-0.2, 0) is 12.8 Å². The molecule has 1 fully saturated rings. The smallest absolute Gasteiger partial charge is 0.252 e. The van der Waals surface area contributed by atoms with Gasteiger partial charge in [-0.1, -0.05) is 49.6 Å². The van der Waals surface area contributed by atoms with Crippen LogP contribution < -0.4 is 0 Å². The van der Waals surface area contributed by atoms with Crippen molar-refractivity contribution in [3.8, 4) is 17.2 Å². The number of pyridine rings is 1. The van der Waals surface area contributed by atoms with Crippen LogP contribution in [0.5, 0.6) is 0 Å². The molecule has 1 heterocycles. The molecule has 0 spiro atoms. The molecule has 4 heteroatoms. The fourth-order valence-corrected chi connectivity index (χ4v) is 4.45. The molecule has 4 rings (SSSR count). The second-order valence-electron chi connectivity index (χ2n) is 7.52. The van der Waals surface area contributed by atoms with Crippen LogP contribution in [0.15, 0.2) is 30.3 Å². The van der Waals surface area contributed by atoms with E-state index in [0.717, 1.165) is 42.6 Å². The summed E-state index contributed by atoms with van der Waals surface area (Å²) in [5.41, 5.74) is 4.24. The van der Waals surface area contributed by atoms with Gasteiger partial charge in [-0.2, -0.15) is 5.26 Å². The van der Waals surface area contributed by atoms with Crippen LogP contribution in [-0.4, -0.2) is 10.9 Å². The lowest BCUT2D eigenvalue weighted by atomic mass is 9.79. The monoisotopic (exact) mass is 352 g/mol. The minimum atomic E-state index is -2.72. The molecule has 1 saturated carbocycles. The third kappa shape index (κ3) is 3.11. The van der Waals surface area contributed by atoms with Crippen molar-refractivity contribution in [3.05, 3.63) is 52.8 Å². The van der Waals surface area contributed by atoms with E-state index in [1.807, 2.05) is 30.3 Å². The van der Waals surface area contributed by atoms with Gasteiger partial charge in [0.25, 0.3) is 5.92 Å². The van der Waals surface area contributed by atoms with Crippen molar-refractivity contribution in [1.82, 2.24) is 4.98 Å². The molecule has 0 bridgehead atoms. The standard InChI is InChI=1S/C22H22F2N2/c23-22(24)12-11-19-17(13-22)20(15-7-3-1-4-8-15)18(14-25)21(26-19)16-9-5-2-6-10-16/h1,3-4,7-8,16H,2,5-6,9-13H2. The highest BCUT2D eigenvalue weighted by atomic mass is 19.3. The summed E-state index contributed by atoms with van der Waals surface area (Å²) in [5.74, 6) is -2.45. The number of fused-ring (bicyclic) bond motifs is 1. The number of rotatable bonds is 2. The fourth-order valence-electron chi connectivity index (χ4n) is 4.45. The lowest BCUT2D eigenvalue weighted by Crippen LogP contribution is -2.28. The molecule has 2 aliphatic rings. The fraction of sp³-hybridized carbons (Fsp3) is 0.455. The van der Waals surface area contributed by atoms with Crippen LogP contribution >= 0.6 is 0 Å². The average molecular weight is 352 g/mol. The molecular formula is C22H22F2N2. The number of aromatic nitrogens is 1. The summed E-state index contributed by atoms with van der Waals surface area (Å²) < 4.78 is 28.3. The Bertz CT molecular complexity index is 847. The summed E-state index contributed by atoms with van der Waals surface area (Å²) in [6, 6.07) is 11.8. The van der Waals surface area contributed by atoms with E-state index in [9.17, 15) is 14.0 Å². The van der Waals surface area contributed by atoms with Crippen molar-refractivity contribution in [1.29, 1.82) is 5.26 Å². The molecule has 0 N–H and O–H groups in total. The van der Waals surface area contributed by atoms with Gasteiger partial charge in [-0.05, 0) is 30.4 Å². The molecule has 26 heavy (non-hydrogen) atoms. The normalized spacial score (nSPS) is 19.6. The molecule has 134 valence electrons. The van der Waals surface area contributed by atoms with Gasteiger partial charge in [-0.15, -0.1) is 0 Å². The number of hydrogen-bond donors (Lipinski definition) is 0. The van der Waals surface area contributed by atoms with Crippen molar-refractivity contribution in [2.75, 3.05) is 0 Å². The van der Waals surface area contributed by atoms with E-state index < -0.39 is 5.92 Å². The van der Waals surface area contributed by atoms with Crippen molar-refractivity contribution < 1.29 is 8.78 Å². The van der Waals surface area contributed by atoms with Crippen LogP contribution in [0.4, 0.5) is 8.78 Å². The van der Waals surface area contributed by atoms with E-state index >= 15 is 0 Å². The van der Waals surface area contributed by atoms with Gasteiger partial charge in [0.1, 0.15) is 6.07 Å². The summed E-state index contributed by atoms with van der Waals surface area (Å²) in [7, 11) is 0. The molecule has 1 aromatic carbocycles. The third-order valence-electron chi connectivity index (χ3n) is 5.74. The molecular weight excluding hydrogens is 330 g/mol. The predicted octanol–water partition coefficient (Wildman–Crippen LogP) is 5.79. The van der Waals surface area contributed by atoms with Crippen LogP contribution in [0.1, 0.15) is 67.0 Å². The highest BCUT2D eigenvalue weighted by Crippen LogP contribution is 2.43. The second-order valence-corrected chi connectivity index (χ2v) is 7.52. The summed E-state index contributed by atoms with van der Waals surface area (Å²) >= 11 is 0. The topological polar surface area (TPSA) is 36.7 Å². The maximum atomic E-state index is 14.2. The molecule has 0 saturated heterocycles. The van der Waals surface area contributed by atoms with E-state index in [1.165, 1.54) is 6.42 Å². The first-order valence-corrected chi connectivity index (χ1v) is 9.48. The van der Waals surface area contributed by atoms with Gasteiger partial charge in [-0.25, -0.2) is 8.78 Å². The molecule has 0 amide bonds. The minimum absolute atomic E-state index is 0.156. The Morgan fingerprint density at radius 1 is 1.08 bits per heavy atom. The van der Waals surface area contributed by atoms with Gasteiger partial charge in [0.15, 0.2) is 0 Å². The molecule has 0 radical (unpaired) electrons. The zero-order valence-corrected chi connectivity index (χ0v) is 14.8. The zero-order valence-electron chi connectivity index (χ0n) is 14.8. The molecule has 1 aromatic heterocycles. The van der Waals surface area contributed by atoms with E-state index in [2.05, 4.69) is 6.07 Å². The van der Waals surface area contributed by atoms with Crippen molar-refractivity contribution in [2.24, 2.45) is 0 Å². The van der Waals surface area contributed by atoms with Gasteiger partial charge in [0, 0.05) is 30.0 Å². The van der Waals surface area contributed by atoms with E-state index in [1.54, 1.807) is 0 Å². The summed E-state index contributed by atoms with van der Waals surface area (Å²) in [4.78, 5) is 4.80. The van der Waals surface area contributed by atoms with E-state index in [4.69, 9.17) is 4.98 Å². The van der Waals surface area contributed by atoms with Gasteiger partial charge in [0.05, 0.1) is 11.3 Å². The Hall–Kier alpha value is -2.28. The van der Waals surface area contributed by atoms with Crippen LogP contribution in [0.25, 0.3) is 11.1 Å². The lowest BCUT2D eigenvalue weighted by molar-refractivity contribution is -0.0127. The Kier molecular flexibility index (Phi) is 4.48. The van der Waals surface area contributed by atoms with E-state index in [0.29, 0.717) is 16.7 Å². The molecule has 2 aromatic rings. The molecule has 0 unspecified atom stereocenters. The SMILES string of the molecule is N#Cc1c(C2CCCCC2)nc2c(c1-c1ccccc1)CC(F)(F)CC2. The van der Waals surface area contributed by atoms with Gasteiger partial charge < -0.3 is 0 Å². The van der Waals surface area contributed by atoms with Crippen molar-refractivity contribution >= 4 is 0 Å². The molecule has 0 atom stereocenters. The predicted molar refractivity (Wildman–Crippen MR) is 97.2 cm³/mol. The van der Waals surface area contributed by atoms with Crippen LogP contribution in [0.2, 0.25) is 0 Å². The van der Waals surface area contributed by atoms with E-state index in [-0.39, 0.29) is 25.2 Å². The largest absolute Gasteiger partial charge is 0.256 e. The van der Waals surface area contributed by atoms with Crippen LogP contribution in [0, 0.1) is 11.3 Å². The van der Waals surface area contributed by atoms with Crippen molar-refractivity contribution in [3.63, 3.8) is 0 Å². The quantitative estimate of drug-likeness (QED) is 0.686. The summed E-state index contributed by atoms with van der Waals surface area (Å²) in [5, 5.41) is 9.95. The number of benzene rings is 1. The lowest BCUT2D eigenvalue weighted by Gasteiger charge is -2.30. The first kappa shape index (κ1) is 17.1. The molecule has 2 nitrogen and oxygen atoms in total. The number of nitrogens with zero attached hydrogens (tertiary/aromatic N) is 2. The molecule has 2 aliphatic carbocycles.